The normalized spacial score (nSPS) is 19.4. The number of aliphatic carboxylic acids is 1. The Kier molecular flexibility index (Phi) is 4.02. The molecule has 1 unspecified atom stereocenters. The van der Waals surface area contributed by atoms with Gasteiger partial charge in [0.05, 0.1) is 5.75 Å². The minimum absolute atomic E-state index is 0.156. The third-order valence-corrected chi connectivity index (χ3v) is 2.67. The first-order valence-electron chi connectivity index (χ1n) is 4.54. The van der Waals surface area contributed by atoms with Crippen LogP contribution in [0.3, 0.4) is 0 Å². The molecule has 0 bridgehead atoms. The monoisotopic (exact) mass is 265 g/mol. The van der Waals surface area contributed by atoms with Crippen LogP contribution in [0, 0.1) is 0 Å². The zero-order chi connectivity index (χ0) is 13.1. The summed E-state index contributed by atoms with van der Waals surface area (Å²) in [5.74, 6) is -2.29. The summed E-state index contributed by atoms with van der Waals surface area (Å²) >= 11 is 0. The van der Waals surface area contributed by atoms with Crippen LogP contribution in [0.15, 0.2) is 5.16 Å². The summed E-state index contributed by atoms with van der Waals surface area (Å²) in [4.78, 5) is 26.4. The van der Waals surface area contributed by atoms with Crippen LogP contribution in [0.5, 0.6) is 0 Å². The van der Waals surface area contributed by atoms with E-state index in [9.17, 15) is 18.0 Å². The number of carbonyl (C=O) groups excluding carboxylic acids is 1. The number of hydrogen-bond donors (Lipinski definition) is 3. The second-order valence-electron chi connectivity index (χ2n) is 3.30. The van der Waals surface area contributed by atoms with Crippen LogP contribution in [0.1, 0.15) is 6.42 Å². The molecule has 1 rings (SSSR count). The van der Waals surface area contributed by atoms with E-state index in [1.54, 1.807) is 0 Å². The molecule has 0 aromatic carbocycles. The number of carbonyl (C=O) groups is 2. The zero-order valence-corrected chi connectivity index (χ0v) is 9.44. The molecule has 0 saturated heterocycles. The molecule has 4 N–H and O–H groups in total. The van der Waals surface area contributed by atoms with Crippen molar-refractivity contribution in [3.05, 3.63) is 0 Å². The van der Waals surface area contributed by atoms with E-state index < -0.39 is 33.8 Å². The van der Waals surface area contributed by atoms with E-state index in [0.717, 1.165) is 0 Å². The Hall–Kier alpha value is -1.68. The highest BCUT2D eigenvalue weighted by Crippen LogP contribution is 2.10. The molecule has 0 aliphatic carbocycles. The van der Waals surface area contributed by atoms with Gasteiger partial charge in [-0.1, -0.05) is 5.16 Å². The molecule has 17 heavy (non-hydrogen) atoms. The summed E-state index contributed by atoms with van der Waals surface area (Å²) in [6.45, 7) is -0.167. The molecule has 0 spiro atoms. The van der Waals surface area contributed by atoms with Gasteiger partial charge in [-0.2, -0.15) is 0 Å². The first kappa shape index (κ1) is 13.4. The lowest BCUT2D eigenvalue weighted by molar-refractivity contribution is -0.131. The second-order valence-corrected chi connectivity index (χ2v) is 5.03. The van der Waals surface area contributed by atoms with Gasteiger partial charge < -0.3 is 15.3 Å². The fourth-order valence-corrected chi connectivity index (χ4v) is 1.46. The van der Waals surface area contributed by atoms with E-state index in [0.29, 0.717) is 0 Å². The van der Waals surface area contributed by atoms with Gasteiger partial charge in [-0.25, -0.2) is 18.4 Å². The van der Waals surface area contributed by atoms with E-state index in [-0.39, 0.29) is 18.7 Å². The number of nitrogens with two attached hydrogens (primary N) is 1. The lowest BCUT2D eigenvalue weighted by atomic mass is 10.2. The number of oxime groups is 1. The molecule has 1 aliphatic heterocycles. The van der Waals surface area contributed by atoms with Gasteiger partial charge in [-0.3, -0.25) is 4.79 Å². The van der Waals surface area contributed by atoms with Crippen LogP contribution in [0.25, 0.3) is 0 Å². The average molecular weight is 265 g/mol. The topological polar surface area (TPSA) is 148 Å². The highest BCUT2D eigenvalue weighted by Gasteiger charge is 2.31. The Morgan fingerprint density at radius 3 is 2.71 bits per heavy atom. The predicted molar refractivity (Wildman–Crippen MR) is 55.5 cm³/mol. The van der Waals surface area contributed by atoms with Crippen molar-refractivity contribution >= 4 is 27.6 Å². The molecule has 0 radical (unpaired) electrons. The standard InChI is InChI=1S/C7H11N3O6S/c8-17(14,15)2-1-9-6(11)5-3-4(7(12)13)10-16-5/h5H,1-3H2,(H,9,11)(H,12,13)(H2,8,14,15). The molecule has 1 heterocycles. The number of carboxylic acid groups (broad SMARTS) is 1. The molecule has 0 aromatic rings. The van der Waals surface area contributed by atoms with Gasteiger partial charge >= 0.3 is 5.97 Å². The Labute approximate surface area is 96.7 Å². The van der Waals surface area contributed by atoms with Crippen molar-refractivity contribution in [3.63, 3.8) is 0 Å². The van der Waals surface area contributed by atoms with Crippen molar-refractivity contribution in [2.45, 2.75) is 12.5 Å². The third-order valence-electron chi connectivity index (χ3n) is 1.89. The van der Waals surface area contributed by atoms with Crippen molar-refractivity contribution in [1.82, 2.24) is 5.32 Å². The average Bonchev–Trinajstić information content (AvgIpc) is 2.63. The quantitative estimate of drug-likeness (QED) is 0.505. The van der Waals surface area contributed by atoms with Crippen LogP contribution in [-0.2, 0) is 24.4 Å². The third kappa shape index (κ3) is 4.36. The first-order chi connectivity index (χ1) is 7.79. The molecular weight excluding hydrogens is 254 g/mol. The molecule has 1 atom stereocenters. The van der Waals surface area contributed by atoms with Gasteiger partial charge in [0.15, 0.2) is 5.71 Å². The Morgan fingerprint density at radius 1 is 1.59 bits per heavy atom. The largest absolute Gasteiger partial charge is 0.477 e. The summed E-state index contributed by atoms with van der Waals surface area (Å²) in [6.07, 6.45) is -1.20. The van der Waals surface area contributed by atoms with Crippen molar-refractivity contribution in [1.29, 1.82) is 0 Å². The molecule has 9 nitrogen and oxygen atoms in total. The summed E-state index contributed by atoms with van der Waals surface area (Å²) in [6, 6.07) is 0. The Morgan fingerprint density at radius 2 is 2.24 bits per heavy atom. The summed E-state index contributed by atoms with van der Waals surface area (Å²) in [5, 5.41) is 18.7. The molecule has 96 valence electrons. The second kappa shape index (κ2) is 5.10. The van der Waals surface area contributed by atoms with Crippen LogP contribution in [0.2, 0.25) is 0 Å². The van der Waals surface area contributed by atoms with E-state index in [1.165, 1.54) is 0 Å². The summed E-state index contributed by atoms with van der Waals surface area (Å²) in [7, 11) is -3.65. The number of carboxylic acids is 1. The van der Waals surface area contributed by atoms with Crippen molar-refractivity contribution in [3.8, 4) is 0 Å². The lowest BCUT2D eigenvalue weighted by Gasteiger charge is -2.08. The maximum atomic E-state index is 11.4. The van der Waals surface area contributed by atoms with E-state index in [2.05, 4.69) is 15.3 Å². The molecule has 0 aromatic heterocycles. The summed E-state index contributed by atoms with van der Waals surface area (Å²) in [5.41, 5.74) is -0.253. The van der Waals surface area contributed by atoms with Gasteiger partial charge in [0.1, 0.15) is 0 Å². The number of nitrogens with zero attached hydrogens (tertiary/aromatic N) is 1. The fraction of sp³-hybridized carbons (Fsp3) is 0.571. The SMILES string of the molecule is NS(=O)(=O)CCNC(=O)C1CC(C(=O)O)=NO1. The number of hydrogen-bond acceptors (Lipinski definition) is 6. The maximum absolute atomic E-state index is 11.4. The highest BCUT2D eigenvalue weighted by atomic mass is 32.2. The first-order valence-corrected chi connectivity index (χ1v) is 6.25. The highest BCUT2D eigenvalue weighted by molar-refractivity contribution is 7.89. The van der Waals surface area contributed by atoms with Gasteiger partial charge in [0.2, 0.25) is 16.1 Å². The zero-order valence-electron chi connectivity index (χ0n) is 8.62. The number of nitrogens with one attached hydrogen (secondary N) is 1. The van der Waals surface area contributed by atoms with E-state index in [1.807, 2.05) is 0 Å². The Bertz CT molecular complexity index is 456. The van der Waals surface area contributed by atoms with Crippen LogP contribution < -0.4 is 10.5 Å². The number of primary sulfonamides is 1. The molecule has 0 saturated carbocycles. The Balaban J connectivity index is 2.35. The van der Waals surface area contributed by atoms with Crippen LogP contribution in [0.4, 0.5) is 0 Å². The van der Waals surface area contributed by atoms with Crippen molar-refractivity contribution in [2.75, 3.05) is 12.3 Å². The fourth-order valence-electron chi connectivity index (χ4n) is 1.07. The molecular formula is C7H11N3O6S. The number of amides is 1. The molecule has 0 fully saturated rings. The van der Waals surface area contributed by atoms with Gasteiger partial charge in [-0.15, -0.1) is 0 Å². The van der Waals surface area contributed by atoms with E-state index >= 15 is 0 Å². The summed E-state index contributed by atoms with van der Waals surface area (Å²) < 4.78 is 21.1. The van der Waals surface area contributed by atoms with Crippen molar-refractivity contribution < 1.29 is 28.0 Å². The smallest absolute Gasteiger partial charge is 0.353 e. The molecule has 10 heteroatoms. The lowest BCUT2D eigenvalue weighted by Crippen LogP contribution is -2.38. The molecule has 1 aliphatic rings. The number of rotatable bonds is 5. The maximum Gasteiger partial charge on any atom is 0.353 e. The number of sulfonamides is 1. The van der Waals surface area contributed by atoms with Gasteiger partial charge in [0.25, 0.3) is 5.91 Å². The predicted octanol–water partition coefficient (Wildman–Crippen LogP) is -2.38. The van der Waals surface area contributed by atoms with Crippen molar-refractivity contribution in [2.24, 2.45) is 10.3 Å². The van der Waals surface area contributed by atoms with Crippen LogP contribution >= 0.6 is 0 Å². The minimum Gasteiger partial charge on any atom is -0.477 e. The molecule has 1 amide bonds. The van der Waals surface area contributed by atoms with Gasteiger partial charge in [0, 0.05) is 13.0 Å². The van der Waals surface area contributed by atoms with Gasteiger partial charge in [-0.05, 0) is 0 Å². The van der Waals surface area contributed by atoms with E-state index in [4.69, 9.17) is 10.2 Å². The minimum atomic E-state index is -3.65. The van der Waals surface area contributed by atoms with Crippen LogP contribution in [-0.4, -0.2) is 49.5 Å².